The van der Waals surface area contributed by atoms with Crippen molar-refractivity contribution in [2.45, 2.75) is 71.0 Å². The predicted molar refractivity (Wildman–Crippen MR) is 120 cm³/mol. The van der Waals surface area contributed by atoms with E-state index in [-0.39, 0.29) is 12.1 Å². The van der Waals surface area contributed by atoms with E-state index in [9.17, 15) is 4.39 Å². The summed E-state index contributed by atoms with van der Waals surface area (Å²) in [5.74, 6) is 1.75. The molecule has 1 saturated carbocycles. The summed E-state index contributed by atoms with van der Waals surface area (Å²) in [6.07, 6.45) is 8.18. The van der Waals surface area contributed by atoms with Crippen molar-refractivity contribution in [1.29, 1.82) is 0 Å². The summed E-state index contributed by atoms with van der Waals surface area (Å²) in [5, 5.41) is 0. The first-order chi connectivity index (χ1) is 14.7. The average molecular weight is 411 g/mol. The van der Waals surface area contributed by atoms with Crippen molar-refractivity contribution >= 4 is 0 Å². The fourth-order valence-corrected chi connectivity index (χ4v) is 5.05. The van der Waals surface area contributed by atoms with E-state index in [1.165, 1.54) is 32.1 Å². The van der Waals surface area contributed by atoms with Gasteiger partial charge < -0.3 is 9.47 Å². The van der Waals surface area contributed by atoms with Crippen molar-refractivity contribution in [1.82, 2.24) is 0 Å². The van der Waals surface area contributed by atoms with Gasteiger partial charge in [0.15, 0.2) is 6.29 Å². The van der Waals surface area contributed by atoms with E-state index in [1.54, 1.807) is 6.07 Å². The third kappa shape index (κ3) is 4.95. The fourth-order valence-electron chi connectivity index (χ4n) is 5.05. The van der Waals surface area contributed by atoms with Crippen molar-refractivity contribution in [2.75, 3.05) is 13.2 Å². The summed E-state index contributed by atoms with van der Waals surface area (Å²) in [7, 11) is 0. The molecule has 162 valence electrons. The van der Waals surface area contributed by atoms with Crippen LogP contribution in [-0.4, -0.2) is 13.2 Å². The smallest absolute Gasteiger partial charge is 0.183 e. The highest BCUT2D eigenvalue weighted by Crippen LogP contribution is 2.38. The van der Waals surface area contributed by atoms with Gasteiger partial charge in [0, 0.05) is 17.0 Å². The normalized spacial score (nSPS) is 27.2. The highest BCUT2D eigenvalue weighted by Gasteiger charge is 2.24. The van der Waals surface area contributed by atoms with Gasteiger partial charge in [-0.25, -0.2) is 4.39 Å². The molecule has 2 aromatic rings. The first kappa shape index (κ1) is 21.5. The first-order valence-electron chi connectivity index (χ1n) is 11.8. The molecule has 0 radical (unpaired) electrons. The summed E-state index contributed by atoms with van der Waals surface area (Å²) in [6.45, 7) is 5.96. The van der Waals surface area contributed by atoms with Crippen molar-refractivity contribution in [2.24, 2.45) is 11.8 Å². The van der Waals surface area contributed by atoms with Gasteiger partial charge in [-0.2, -0.15) is 0 Å². The lowest BCUT2D eigenvalue weighted by Crippen LogP contribution is -2.26. The summed E-state index contributed by atoms with van der Waals surface area (Å²) < 4.78 is 26.8. The summed E-state index contributed by atoms with van der Waals surface area (Å²) >= 11 is 0. The molecule has 0 amide bonds. The molecule has 0 unspecified atom stereocenters. The topological polar surface area (TPSA) is 18.5 Å². The molecular formula is C27H35FO2. The van der Waals surface area contributed by atoms with Crippen LogP contribution in [0.2, 0.25) is 0 Å². The SMILES string of the molecule is CCC[C@H]1CO[C@H](c2ccc(-c3ccc(C4CCC(CC)CC4)cc3F)cc2)OC1. The van der Waals surface area contributed by atoms with Gasteiger partial charge in [-0.3, -0.25) is 0 Å². The van der Waals surface area contributed by atoms with Crippen molar-refractivity contribution in [3.63, 3.8) is 0 Å². The number of hydrogen-bond donors (Lipinski definition) is 0. The van der Waals surface area contributed by atoms with Crippen molar-refractivity contribution in [3.8, 4) is 11.1 Å². The van der Waals surface area contributed by atoms with Crippen LogP contribution in [-0.2, 0) is 9.47 Å². The van der Waals surface area contributed by atoms with Crippen LogP contribution in [0.25, 0.3) is 11.1 Å². The summed E-state index contributed by atoms with van der Waals surface area (Å²) in [4.78, 5) is 0. The van der Waals surface area contributed by atoms with Crippen LogP contribution in [0.4, 0.5) is 4.39 Å². The Labute approximate surface area is 180 Å². The molecule has 0 aromatic heterocycles. The van der Waals surface area contributed by atoms with Crippen LogP contribution >= 0.6 is 0 Å². The van der Waals surface area contributed by atoms with Gasteiger partial charge in [-0.15, -0.1) is 0 Å². The first-order valence-corrected chi connectivity index (χ1v) is 11.8. The number of rotatable bonds is 6. The molecule has 4 rings (SSSR count). The fraction of sp³-hybridized carbons (Fsp3) is 0.556. The second-order valence-corrected chi connectivity index (χ2v) is 9.14. The van der Waals surface area contributed by atoms with E-state index in [4.69, 9.17) is 9.47 Å². The highest BCUT2D eigenvalue weighted by molar-refractivity contribution is 5.65. The molecule has 0 N–H and O–H groups in total. The van der Waals surface area contributed by atoms with Crippen LogP contribution in [0.5, 0.6) is 0 Å². The third-order valence-electron chi connectivity index (χ3n) is 7.05. The van der Waals surface area contributed by atoms with Gasteiger partial charge in [0.05, 0.1) is 13.2 Å². The lowest BCUT2D eigenvalue weighted by atomic mass is 9.77. The summed E-state index contributed by atoms with van der Waals surface area (Å²) in [6, 6.07) is 13.8. The van der Waals surface area contributed by atoms with E-state index in [2.05, 4.69) is 19.9 Å². The number of hydrogen-bond acceptors (Lipinski definition) is 2. The average Bonchev–Trinajstić information content (AvgIpc) is 2.80. The van der Waals surface area contributed by atoms with Crippen LogP contribution in [0.3, 0.4) is 0 Å². The maximum Gasteiger partial charge on any atom is 0.183 e. The third-order valence-corrected chi connectivity index (χ3v) is 7.05. The highest BCUT2D eigenvalue weighted by atomic mass is 19.1. The number of ether oxygens (including phenoxy) is 2. The van der Waals surface area contributed by atoms with Gasteiger partial charge in [0.1, 0.15) is 5.82 Å². The molecule has 0 bridgehead atoms. The second kappa shape index (κ2) is 10.1. The Hall–Kier alpha value is -1.71. The Balaban J connectivity index is 1.41. The Morgan fingerprint density at radius 1 is 0.833 bits per heavy atom. The lowest BCUT2D eigenvalue weighted by Gasteiger charge is -2.29. The zero-order valence-electron chi connectivity index (χ0n) is 18.4. The monoisotopic (exact) mass is 410 g/mol. The number of benzene rings is 2. The minimum atomic E-state index is -0.308. The predicted octanol–water partition coefficient (Wildman–Crippen LogP) is 7.64. The molecule has 3 heteroatoms. The molecule has 2 aliphatic rings. The molecule has 0 spiro atoms. The van der Waals surface area contributed by atoms with Crippen molar-refractivity contribution in [3.05, 3.63) is 59.4 Å². The molecule has 2 nitrogen and oxygen atoms in total. The van der Waals surface area contributed by atoms with E-state index in [0.717, 1.165) is 48.7 Å². The van der Waals surface area contributed by atoms with E-state index < -0.39 is 0 Å². The van der Waals surface area contributed by atoms with Crippen LogP contribution in [0, 0.1) is 17.7 Å². The largest absolute Gasteiger partial charge is 0.348 e. The Bertz CT molecular complexity index is 800. The Kier molecular flexibility index (Phi) is 7.22. The van der Waals surface area contributed by atoms with E-state index in [1.807, 2.05) is 30.3 Å². The van der Waals surface area contributed by atoms with E-state index >= 15 is 0 Å². The molecule has 0 atom stereocenters. The van der Waals surface area contributed by atoms with Gasteiger partial charge in [0.25, 0.3) is 0 Å². The molecule has 1 heterocycles. The standard InChI is InChI=1S/C27H35FO2/c1-3-5-20-17-29-27(30-18-20)23-12-10-22(11-13-23)25-15-14-24(16-26(25)28)21-8-6-19(4-2)7-9-21/h10-16,19-21,27H,3-9,17-18H2,1-2H3/t19?,20-,21?,27-. The Morgan fingerprint density at radius 3 is 2.10 bits per heavy atom. The van der Waals surface area contributed by atoms with E-state index in [0.29, 0.717) is 17.4 Å². The van der Waals surface area contributed by atoms with Crippen LogP contribution < -0.4 is 0 Å². The zero-order chi connectivity index (χ0) is 20.9. The van der Waals surface area contributed by atoms with Crippen LogP contribution in [0.1, 0.15) is 82.1 Å². The maximum atomic E-state index is 15.0. The number of halogens is 1. The molecule has 1 saturated heterocycles. The van der Waals surface area contributed by atoms with Crippen molar-refractivity contribution < 1.29 is 13.9 Å². The lowest BCUT2D eigenvalue weighted by molar-refractivity contribution is -0.206. The minimum absolute atomic E-state index is 0.120. The van der Waals surface area contributed by atoms with Gasteiger partial charge in [-0.1, -0.05) is 63.1 Å². The zero-order valence-corrected chi connectivity index (χ0v) is 18.4. The maximum absolute atomic E-state index is 15.0. The van der Waals surface area contributed by atoms with Gasteiger partial charge in [-0.05, 0) is 61.1 Å². The molecule has 2 fully saturated rings. The molecule has 1 aliphatic heterocycles. The molecule has 30 heavy (non-hydrogen) atoms. The molecule has 2 aromatic carbocycles. The second-order valence-electron chi connectivity index (χ2n) is 9.14. The Morgan fingerprint density at radius 2 is 1.50 bits per heavy atom. The molecule has 1 aliphatic carbocycles. The minimum Gasteiger partial charge on any atom is -0.348 e. The molecular weight excluding hydrogens is 375 g/mol. The van der Waals surface area contributed by atoms with Gasteiger partial charge >= 0.3 is 0 Å². The van der Waals surface area contributed by atoms with Crippen LogP contribution in [0.15, 0.2) is 42.5 Å². The summed E-state index contributed by atoms with van der Waals surface area (Å²) in [5.41, 5.74) is 3.73. The quantitative estimate of drug-likeness (QED) is 0.487. The van der Waals surface area contributed by atoms with Gasteiger partial charge in [0.2, 0.25) is 0 Å².